The van der Waals surface area contributed by atoms with Gasteiger partial charge in [-0.2, -0.15) is 0 Å². The molecule has 0 unspecified atom stereocenters. The predicted octanol–water partition coefficient (Wildman–Crippen LogP) is 3.66. The van der Waals surface area contributed by atoms with Crippen LogP contribution in [0.25, 0.3) is 22.8 Å². The molecule has 0 saturated carbocycles. The number of aromatic amines is 1. The van der Waals surface area contributed by atoms with Crippen LogP contribution in [0.1, 0.15) is 10.5 Å². The van der Waals surface area contributed by atoms with E-state index in [1.54, 1.807) is 30.2 Å². The third-order valence-corrected chi connectivity index (χ3v) is 4.13. The Kier molecular flexibility index (Phi) is 5.35. The standard InChI is InChI=1S/C17H12N6OS.ClH/c24-16(23-17-20-8-9-25-17)14-13(12-10-18-6-7-19-12)21-15(22-14)11-4-2-1-3-5-11;/h1-10H,(H,21,22)(H,20,23,24);1H. The molecule has 7 nitrogen and oxygen atoms in total. The van der Waals surface area contributed by atoms with Gasteiger partial charge in [0.1, 0.15) is 11.5 Å². The minimum Gasteiger partial charge on any atom is -0.336 e. The average molecular weight is 385 g/mol. The minimum atomic E-state index is -0.353. The Morgan fingerprint density at radius 1 is 1.08 bits per heavy atom. The highest BCUT2D eigenvalue weighted by Gasteiger charge is 2.21. The van der Waals surface area contributed by atoms with Gasteiger partial charge in [0.25, 0.3) is 5.91 Å². The highest BCUT2D eigenvalue weighted by Crippen LogP contribution is 2.25. The Bertz CT molecular complexity index is 989. The van der Waals surface area contributed by atoms with Gasteiger partial charge in [-0.25, -0.2) is 9.97 Å². The largest absolute Gasteiger partial charge is 0.336 e. The second-order valence-electron chi connectivity index (χ2n) is 5.06. The van der Waals surface area contributed by atoms with Crippen LogP contribution in [-0.2, 0) is 0 Å². The summed E-state index contributed by atoms with van der Waals surface area (Å²) in [6.45, 7) is 0. The third kappa shape index (κ3) is 3.61. The number of carbonyl (C=O) groups excluding carboxylic acids is 1. The average Bonchev–Trinajstić information content (AvgIpc) is 3.33. The molecule has 1 aromatic carbocycles. The fraction of sp³-hybridized carbons (Fsp3) is 0. The summed E-state index contributed by atoms with van der Waals surface area (Å²) < 4.78 is 0. The predicted molar refractivity (Wildman–Crippen MR) is 102 cm³/mol. The van der Waals surface area contributed by atoms with Crippen LogP contribution in [0.4, 0.5) is 5.13 Å². The lowest BCUT2D eigenvalue weighted by Crippen LogP contribution is -2.13. The summed E-state index contributed by atoms with van der Waals surface area (Å²) in [5, 5.41) is 5.06. The number of carbonyl (C=O) groups is 1. The van der Waals surface area contributed by atoms with Crippen LogP contribution in [0, 0.1) is 0 Å². The van der Waals surface area contributed by atoms with Gasteiger partial charge in [-0.1, -0.05) is 30.3 Å². The molecule has 130 valence electrons. The summed E-state index contributed by atoms with van der Waals surface area (Å²) in [7, 11) is 0. The van der Waals surface area contributed by atoms with E-state index < -0.39 is 0 Å². The molecule has 3 heterocycles. The van der Waals surface area contributed by atoms with Crippen molar-refractivity contribution in [1.82, 2.24) is 24.9 Å². The normalized spacial score (nSPS) is 10.2. The number of thiazole rings is 1. The van der Waals surface area contributed by atoms with Crippen molar-refractivity contribution in [2.45, 2.75) is 0 Å². The van der Waals surface area contributed by atoms with Gasteiger partial charge in [0.05, 0.1) is 11.9 Å². The molecule has 0 fully saturated rings. The van der Waals surface area contributed by atoms with Crippen LogP contribution < -0.4 is 5.32 Å². The SMILES string of the molecule is Cl.O=C(Nc1nccs1)c1nc(-c2ccccc2)[nH]c1-c1cnccn1. The Labute approximate surface area is 159 Å². The van der Waals surface area contributed by atoms with Crippen molar-refractivity contribution in [3.8, 4) is 22.8 Å². The highest BCUT2D eigenvalue weighted by atomic mass is 35.5. The van der Waals surface area contributed by atoms with E-state index in [0.717, 1.165) is 5.56 Å². The molecule has 3 aromatic heterocycles. The molecule has 0 aliphatic carbocycles. The number of halogens is 1. The first-order valence-electron chi connectivity index (χ1n) is 7.44. The molecular formula is C17H13ClN6OS. The number of rotatable bonds is 4. The van der Waals surface area contributed by atoms with E-state index in [-0.39, 0.29) is 24.0 Å². The van der Waals surface area contributed by atoms with Crippen molar-refractivity contribution >= 4 is 34.8 Å². The number of imidazole rings is 1. The molecule has 4 rings (SSSR count). The maximum absolute atomic E-state index is 12.7. The molecule has 2 N–H and O–H groups in total. The van der Waals surface area contributed by atoms with Gasteiger partial charge in [0, 0.05) is 29.5 Å². The van der Waals surface area contributed by atoms with Gasteiger partial charge in [0.2, 0.25) is 0 Å². The van der Waals surface area contributed by atoms with E-state index in [1.165, 1.54) is 11.3 Å². The van der Waals surface area contributed by atoms with Crippen LogP contribution in [0.15, 0.2) is 60.5 Å². The first-order valence-corrected chi connectivity index (χ1v) is 8.32. The first kappa shape index (κ1) is 17.7. The zero-order valence-corrected chi connectivity index (χ0v) is 14.9. The molecule has 9 heteroatoms. The van der Waals surface area contributed by atoms with Crippen molar-refractivity contribution in [2.75, 3.05) is 5.32 Å². The first-order chi connectivity index (χ1) is 12.3. The zero-order valence-electron chi connectivity index (χ0n) is 13.3. The lowest BCUT2D eigenvalue weighted by Gasteiger charge is -2.01. The van der Waals surface area contributed by atoms with Crippen molar-refractivity contribution in [3.05, 3.63) is 66.2 Å². The fourth-order valence-electron chi connectivity index (χ4n) is 2.33. The second-order valence-corrected chi connectivity index (χ2v) is 5.95. The Balaban J connectivity index is 0.00000196. The molecule has 0 spiro atoms. The van der Waals surface area contributed by atoms with E-state index in [2.05, 4.69) is 30.2 Å². The number of amides is 1. The summed E-state index contributed by atoms with van der Waals surface area (Å²) in [5.41, 5.74) is 2.18. The monoisotopic (exact) mass is 384 g/mol. The molecule has 0 aliphatic heterocycles. The smallest absolute Gasteiger partial charge is 0.278 e. The quantitative estimate of drug-likeness (QED) is 0.559. The van der Waals surface area contributed by atoms with Gasteiger partial charge in [-0.15, -0.1) is 23.7 Å². The number of anilines is 1. The van der Waals surface area contributed by atoms with Gasteiger partial charge < -0.3 is 4.98 Å². The molecule has 0 saturated heterocycles. The van der Waals surface area contributed by atoms with Crippen LogP contribution >= 0.6 is 23.7 Å². The number of nitrogens with one attached hydrogen (secondary N) is 2. The lowest BCUT2D eigenvalue weighted by atomic mass is 10.2. The van der Waals surface area contributed by atoms with Crippen molar-refractivity contribution in [2.24, 2.45) is 0 Å². The second kappa shape index (κ2) is 7.85. The summed E-state index contributed by atoms with van der Waals surface area (Å²) >= 11 is 1.34. The molecule has 1 amide bonds. The number of hydrogen-bond acceptors (Lipinski definition) is 6. The fourth-order valence-corrected chi connectivity index (χ4v) is 2.85. The lowest BCUT2D eigenvalue weighted by molar-refractivity contribution is 0.102. The van der Waals surface area contributed by atoms with Crippen molar-refractivity contribution in [3.63, 3.8) is 0 Å². The van der Waals surface area contributed by atoms with Crippen molar-refractivity contribution in [1.29, 1.82) is 0 Å². The van der Waals surface area contributed by atoms with E-state index >= 15 is 0 Å². The molecule has 0 aliphatic rings. The number of benzene rings is 1. The number of H-pyrrole nitrogens is 1. The van der Waals surface area contributed by atoms with E-state index in [0.29, 0.717) is 22.3 Å². The van der Waals surface area contributed by atoms with E-state index in [1.807, 2.05) is 30.3 Å². The third-order valence-electron chi connectivity index (χ3n) is 3.44. The summed E-state index contributed by atoms with van der Waals surface area (Å²) in [6, 6.07) is 9.58. The van der Waals surface area contributed by atoms with Gasteiger partial charge in [0.15, 0.2) is 10.8 Å². The molecular weight excluding hydrogens is 372 g/mol. The summed E-state index contributed by atoms with van der Waals surface area (Å²) in [4.78, 5) is 32.7. The zero-order chi connectivity index (χ0) is 17.1. The van der Waals surface area contributed by atoms with E-state index in [9.17, 15) is 4.79 Å². The van der Waals surface area contributed by atoms with Crippen LogP contribution in [-0.4, -0.2) is 30.8 Å². The van der Waals surface area contributed by atoms with Crippen molar-refractivity contribution < 1.29 is 4.79 Å². The maximum Gasteiger partial charge on any atom is 0.278 e. The van der Waals surface area contributed by atoms with E-state index in [4.69, 9.17) is 0 Å². The Morgan fingerprint density at radius 2 is 1.92 bits per heavy atom. The van der Waals surface area contributed by atoms with Gasteiger partial charge >= 0.3 is 0 Å². The van der Waals surface area contributed by atoms with Gasteiger partial charge in [-0.05, 0) is 0 Å². The van der Waals surface area contributed by atoms with Crippen LogP contribution in [0.2, 0.25) is 0 Å². The number of aromatic nitrogens is 5. The Morgan fingerprint density at radius 3 is 2.62 bits per heavy atom. The molecule has 26 heavy (non-hydrogen) atoms. The van der Waals surface area contributed by atoms with Crippen LogP contribution in [0.3, 0.4) is 0 Å². The topological polar surface area (TPSA) is 96.5 Å². The minimum absolute atomic E-state index is 0. The highest BCUT2D eigenvalue weighted by molar-refractivity contribution is 7.13. The maximum atomic E-state index is 12.7. The molecule has 0 atom stereocenters. The Hall–Kier alpha value is -3.10. The number of hydrogen-bond donors (Lipinski definition) is 2. The molecule has 0 bridgehead atoms. The molecule has 4 aromatic rings. The number of nitrogens with zero attached hydrogens (tertiary/aromatic N) is 4. The van der Waals surface area contributed by atoms with Crippen LogP contribution in [0.5, 0.6) is 0 Å². The summed E-state index contributed by atoms with van der Waals surface area (Å²) in [6.07, 6.45) is 6.36. The summed E-state index contributed by atoms with van der Waals surface area (Å²) in [5.74, 6) is 0.236. The van der Waals surface area contributed by atoms with Gasteiger partial charge in [-0.3, -0.25) is 20.1 Å². The molecule has 0 radical (unpaired) electrons.